The highest BCUT2D eigenvalue weighted by molar-refractivity contribution is 8.00. The van der Waals surface area contributed by atoms with Gasteiger partial charge in [-0.15, -0.1) is 16.9 Å². The summed E-state index contributed by atoms with van der Waals surface area (Å²) in [4.78, 5) is 62.8. The van der Waals surface area contributed by atoms with E-state index in [9.17, 15) is 24.0 Å². The highest BCUT2D eigenvalue weighted by Crippen LogP contribution is 2.53. The van der Waals surface area contributed by atoms with Gasteiger partial charge in [0.1, 0.15) is 5.44 Å². The first-order chi connectivity index (χ1) is 25.3. The second-order valence-electron chi connectivity index (χ2n) is 13.6. The number of fused-ring (bicyclic) bond motifs is 3. The molecule has 3 saturated heterocycles. The molecule has 0 radical (unpaired) electrons. The monoisotopic (exact) mass is 752 g/mol. The number of nitrogens with one attached hydrogen (secondary N) is 2. The van der Waals surface area contributed by atoms with Crippen LogP contribution in [-0.4, -0.2) is 131 Å². The molecule has 7 atom stereocenters. The SMILES string of the molecule is O=C(O)CCCC[C@@H]1S[C@@H](OCCOCCOCCOCCn2nnc3c2CC[C@H]2C(COC(=O)ON4C(=O)CCC4=O)[C@H]2CC3)[C@@H]2NC(=O)N[C@@H]21. The highest BCUT2D eigenvalue weighted by Gasteiger charge is 2.51. The standard InChI is InChI=1S/C33H48N6O12S/c40-26-9-10-27(41)39(26)51-33(45)50-19-22-20-5-7-23-24(8-6-21(20)22)38(37-36-23)11-12-46-13-14-47-15-16-48-17-18-49-31-30-29(34-32(44)35-30)25(52-31)3-1-2-4-28(42)43/h20-22,25,29-31H,1-19H2,(H,42,43)(H2,34,35,44)/t20-,21+,22?,25-,29+,30+,31+/m0/s1. The Bertz CT molecular complexity index is 1420. The van der Waals surface area contributed by atoms with E-state index < -0.39 is 23.9 Å². The van der Waals surface area contributed by atoms with E-state index in [4.69, 9.17) is 33.6 Å². The fourth-order valence-electron chi connectivity index (χ4n) is 7.53. The van der Waals surface area contributed by atoms with Crippen LogP contribution < -0.4 is 10.6 Å². The van der Waals surface area contributed by atoms with Crippen LogP contribution in [0.4, 0.5) is 9.59 Å². The number of amides is 4. The van der Waals surface area contributed by atoms with Gasteiger partial charge in [0.25, 0.3) is 11.8 Å². The van der Waals surface area contributed by atoms with Crippen molar-refractivity contribution in [3.8, 4) is 0 Å². The van der Waals surface area contributed by atoms with Crippen molar-refractivity contribution in [1.29, 1.82) is 0 Å². The van der Waals surface area contributed by atoms with E-state index in [1.807, 2.05) is 4.68 Å². The Morgan fingerprint density at radius 3 is 2.25 bits per heavy atom. The number of thioether (sulfide) groups is 1. The average molecular weight is 753 g/mol. The maximum absolute atomic E-state index is 12.0. The Morgan fingerprint density at radius 2 is 1.52 bits per heavy atom. The molecule has 4 heterocycles. The van der Waals surface area contributed by atoms with Gasteiger partial charge in [0, 0.05) is 24.5 Å². The van der Waals surface area contributed by atoms with Crippen LogP contribution in [0.3, 0.4) is 0 Å². The number of carboxylic acids is 1. The Hall–Kier alpha value is -3.52. The molecule has 18 nitrogen and oxygen atoms in total. The minimum absolute atomic E-state index is 0.0293. The number of carboxylic acid groups (broad SMARTS) is 1. The fraction of sp³-hybridized carbons (Fsp3) is 0.788. The van der Waals surface area contributed by atoms with Crippen LogP contribution in [0.5, 0.6) is 0 Å². The summed E-state index contributed by atoms with van der Waals surface area (Å²) in [5.41, 5.74) is 1.92. The molecule has 1 unspecified atom stereocenters. The smallest absolute Gasteiger partial charge is 0.481 e. The van der Waals surface area contributed by atoms with E-state index in [1.165, 1.54) is 0 Å². The number of urea groups is 1. The summed E-state index contributed by atoms with van der Waals surface area (Å²) in [6.07, 6.45) is 4.89. The van der Waals surface area contributed by atoms with Crippen LogP contribution in [0.25, 0.3) is 0 Å². The number of aryl methyl sites for hydroxylation is 1. The van der Waals surface area contributed by atoms with Crippen LogP contribution in [0.2, 0.25) is 0 Å². The Kier molecular flexibility index (Phi) is 13.6. The number of carbonyl (C=O) groups excluding carboxylic acids is 4. The van der Waals surface area contributed by atoms with E-state index in [2.05, 4.69) is 20.9 Å². The molecule has 4 fully saturated rings. The van der Waals surface area contributed by atoms with E-state index in [0.717, 1.165) is 49.9 Å². The van der Waals surface area contributed by atoms with Gasteiger partial charge in [0.2, 0.25) is 0 Å². The molecule has 1 aromatic heterocycles. The number of nitrogens with zero attached hydrogens (tertiary/aromatic N) is 4. The van der Waals surface area contributed by atoms with Crippen LogP contribution in [0.1, 0.15) is 62.8 Å². The average Bonchev–Trinajstić information content (AvgIpc) is 3.46. The first-order valence-electron chi connectivity index (χ1n) is 18.2. The molecule has 4 amide bonds. The van der Waals surface area contributed by atoms with Gasteiger partial charge in [-0.3, -0.25) is 19.2 Å². The molecular weight excluding hydrogens is 704 g/mol. The molecule has 3 N–H and O–H groups in total. The van der Waals surface area contributed by atoms with Crippen molar-refractivity contribution in [2.75, 3.05) is 52.9 Å². The van der Waals surface area contributed by atoms with Crippen molar-refractivity contribution in [2.45, 2.75) is 93.5 Å². The van der Waals surface area contributed by atoms with E-state index >= 15 is 0 Å². The summed E-state index contributed by atoms with van der Waals surface area (Å²) < 4.78 is 30.2. The Labute approximate surface area is 305 Å². The zero-order valence-corrected chi connectivity index (χ0v) is 29.9. The quantitative estimate of drug-likeness (QED) is 0.0700. The normalized spacial score (nSPS) is 27.7. The second-order valence-corrected chi connectivity index (χ2v) is 14.9. The van der Waals surface area contributed by atoms with Crippen LogP contribution in [-0.2, 0) is 62.3 Å². The minimum atomic E-state index is -1.03. The molecular formula is C33H48N6O12S. The third kappa shape index (κ3) is 10.1. The second kappa shape index (κ2) is 18.5. The molecule has 52 heavy (non-hydrogen) atoms. The molecule has 1 saturated carbocycles. The zero-order chi connectivity index (χ0) is 36.5. The fourth-order valence-corrected chi connectivity index (χ4v) is 9.16. The molecule has 0 spiro atoms. The van der Waals surface area contributed by atoms with Crippen molar-refractivity contribution in [2.24, 2.45) is 17.8 Å². The van der Waals surface area contributed by atoms with Gasteiger partial charge in [-0.2, -0.15) is 0 Å². The van der Waals surface area contributed by atoms with Crippen LogP contribution in [0, 0.1) is 17.8 Å². The van der Waals surface area contributed by atoms with E-state index in [0.29, 0.717) is 76.1 Å². The lowest BCUT2D eigenvalue weighted by molar-refractivity contribution is -0.177. The van der Waals surface area contributed by atoms with Crippen molar-refractivity contribution >= 4 is 41.7 Å². The minimum Gasteiger partial charge on any atom is -0.481 e. The molecule has 3 aliphatic heterocycles. The van der Waals surface area contributed by atoms with Crippen molar-refractivity contribution in [1.82, 2.24) is 30.7 Å². The van der Waals surface area contributed by atoms with Crippen LogP contribution >= 0.6 is 11.8 Å². The molecule has 6 rings (SSSR count). The van der Waals surface area contributed by atoms with Crippen molar-refractivity contribution in [3.05, 3.63) is 11.4 Å². The highest BCUT2D eigenvalue weighted by atomic mass is 32.2. The number of ether oxygens (including phenoxy) is 5. The number of hydrogen-bond donors (Lipinski definition) is 3. The van der Waals surface area contributed by atoms with Gasteiger partial charge in [-0.1, -0.05) is 16.7 Å². The summed E-state index contributed by atoms with van der Waals surface area (Å²) >= 11 is 1.68. The van der Waals surface area contributed by atoms with Gasteiger partial charge in [0.15, 0.2) is 0 Å². The lowest BCUT2D eigenvalue weighted by atomic mass is 10.0. The number of unbranched alkanes of at least 4 members (excludes halogenated alkanes) is 1. The number of carbonyl (C=O) groups is 5. The van der Waals surface area contributed by atoms with Crippen molar-refractivity contribution in [3.63, 3.8) is 0 Å². The lowest BCUT2D eigenvalue weighted by Crippen LogP contribution is -2.40. The molecule has 2 aliphatic carbocycles. The molecule has 19 heteroatoms. The van der Waals surface area contributed by atoms with Gasteiger partial charge in [-0.05, 0) is 56.3 Å². The zero-order valence-electron chi connectivity index (χ0n) is 29.1. The third-order valence-electron chi connectivity index (χ3n) is 10.2. The maximum Gasteiger partial charge on any atom is 0.533 e. The summed E-state index contributed by atoms with van der Waals surface area (Å²) in [7, 11) is 0. The van der Waals surface area contributed by atoms with E-state index in [-0.39, 0.29) is 60.6 Å². The van der Waals surface area contributed by atoms with Gasteiger partial charge >= 0.3 is 18.2 Å². The number of hydroxylamine groups is 2. The predicted octanol–water partition coefficient (Wildman–Crippen LogP) is 1.44. The largest absolute Gasteiger partial charge is 0.533 e. The molecule has 0 aromatic carbocycles. The summed E-state index contributed by atoms with van der Waals surface area (Å²) in [5, 5.41) is 24.2. The molecule has 1 aromatic rings. The topological polar surface area (TPSA) is 219 Å². The van der Waals surface area contributed by atoms with Gasteiger partial charge < -0.3 is 39.4 Å². The first kappa shape index (κ1) is 38.2. The van der Waals surface area contributed by atoms with Gasteiger partial charge in [-0.25, -0.2) is 14.3 Å². The number of imide groups is 1. The predicted molar refractivity (Wildman–Crippen MR) is 180 cm³/mol. The van der Waals surface area contributed by atoms with Gasteiger partial charge in [0.05, 0.1) is 82.9 Å². The summed E-state index contributed by atoms with van der Waals surface area (Å²) in [5.74, 6) is -0.809. The summed E-state index contributed by atoms with van der Waals surface area (Å²) in [6, 6.07) is -0.346. The maximum atomic E-state index is 12.0. The lowest BCUT2D eigenvalue weighted by Gasteiger charge is -2.17. The first-order valence-corrected chi connectivity index (χ1v) is 19.1. The number of aromatic nitrogens is 3. The molecule has 0 bridgehead atoms. The Morgan fingerprint density at radius 1 is 0.846 bits per heavy atom. The molecule has 5 aliphatic rings. The number of hydrogen-bond acceptors (Lipinski definition) is 14. The van der Waals surface area contributed by atoms with E-state index in [1.54, 1.807) is 11.8 Å². The number of aliphatic carboxylic acids is 1. The number of rotatable bonds is 21. The molecule has 288 valence electrons. The van der Waals surface area contributed by atoms with Crippen molar-refractivity contribution < 1.29 is 57.6 Å². The van der Waals surface area contributed by atoms with Crippen LogP contribution in [0.15, 0.2) is 0 Å². The Balaban J connectivity index is 0.773. The summed E-state index contributed by atoms with van der Waals surface area (Å²) in [6.45, 7) is 3.75. The third-order valence-corrected chi connectivity index (χ3v) is 11.8.